The van der Waals surface area contributed by atoms with Crippen molar-refractivity contribution < 1.29 is 14.0 Å². The molecule has 0 unspecified atom stereocenters. The number of benzene rings is 2. The van der Waals surface area contributed by atoms with Crippen molar-refractivity contribution in [3.63, 3.8) is 0 Å². The zero-order valence-corrected chi connectivity index (χ0v) is 19.0. The first kappa shape index (κ1) is 22.0. The van der Waals surface area contributed by atoms with Gasteiger partial charge in [0.1, 0.15) is 16.4 Å². The third-order valence-corrected chi connectivity index (χ3v) is 5.92. The monoisotopic (exact) mass is 468 g/mol. The molecule has 1 aliphatic rings. The summed E-state index contributed by atoms with van der Waals surface area (Å²) in [5.74, 6) is -1.99. The second kappa shape index (κ2) is 8.72. The molecule has 1 aromatic heterocycles. The summed E-state index contributed by atoms with van der Waals surface area (Å²) in [5, 5.41) is 3.91. The van der Waals surface area contributed by atoms with Crippen LogP contribution in [0.3, 0.4) is 0 Å². The first-order valence-electron chi connectivity index (χ1n) is 9.65. The highest BCUT2D eigenvalue weighted by Crippen LogP contribution is 2.38. The molecule has 32 heavy (non-hydrogen) atoms. The van der Waals surface area contributed by atoms with Gasteiger partial charge < -0.3 is 5.32 Å². The highest BCUT2D eigenvalue weighted by Gasteiger charge is 2.41. The van der Waals surface area contributed by atoms with Crippen LogP contribution < -0.4 is 10.2 Å². The molecule has 0 radical (unpaired) electrons. The summed E-state index contributed by atoms with van der Waals surface area (Å²) in [4.78, 5) is 36.3. The molecule has 9 heteroatoms. The number of anilines is 2. The van der Waals surface area contributed by atoms with E-state index in [0.717, 1.165) is 33.6 Å². The minimum atomic E-state index is -0.676. The van der Waals surface area contributed by atoms with Crippen molar-refractivity contribution in [2.75, 3.05) is 10.2 Å². The number of carbonyl (C=O) groups excluding carboxylic acids is 2. The number of nitrogens with zero attached hydrogens (tertiary/aromatic N) is 3. The first-order valence-corrected chi connectivity index (χ1v) is 10.8. The molecule has 3 aromatic rings. The van der Waals surface area contributed by atoms with Crippen LogP contribution in [0.5, 0.6) is 0 Å². The molecule has 0 aliphatic carbocycles. The molecule has 0 bridgehead atoms. The lowest BCUT2D eigenvalue weighted by atomic mass is 10.2. The summed E-state index contributed by atoms with van der Waals surface area (Å²) in [7, 11) is 0. The lowest BCUT2D eigenvalue weighted by molar-refractivity contribution is -0.120. The number of carbonyl (C=O) groups is 2. The van der Waals surface area contributed by atoms with Crippen LogP contribution in [0.25, 0.3) is 0 Å². The SMILES string of the molecule is Cc1cc(C)nc(SC2=C(Nc3ccc(Cl)cc3C)C(=O)N(c3ccccc3F)C2=O)n1. The van der Waals surface area contributed by atoms with Crippen LogP contribution in [0.2, 0.25) is 5.02 Å². The third-order valence-electron chi connectivity index (χ3n) is 4.74. The maximum atomic E-state index is 14.5. The summed E-state index contributed by atoms with van der Waals surface area (Å²) >= 11 is 7.01. The number of imide groups is 1. The van der Waals surface area contributed by atoms with Crippen molar-refractivity contribution in [1.82, 2.24) is 9.97 Å². The Morgan fingerprint density at radius 1 is 0.969 bits per heavy atom. The third kappa shape index (κ3) is 4.24. The van der Waals surface area contributed by atoms with E-state index in [4.69, 9.17) is 11.6 Å². The number of halogens is 2. The molecule has 0 saturated carbocycles. The molecule has 0 atom stereocenters. The van der Waals surface area contributed by atoms with Gasteiger partial charge in [0.2, 0.25) is 0 Å². The number of nitrogens with one attached hydrogen (secondary N) is 1. The highest BCUT2D eigenvalue weighted by atomic mass is 35.5. The predicted molar refractivity (Wildman–Crippen MR) is 123 cm³/mol. The Hall–Kier alpha value is -3.23. The number of amides is 2. The minimum absolute atomic E-state index is 0.0245. The van der Waals surface area contributed by atoms with Crippen molar-refractivity contribution in [2.45, 2.75) is 25.9 Å². The van der Waals surface area contributed by atoms with Crippen LogP contribution in [0.4, 0.5) is 15.8 Å². The molecule has 0 fully saturated rings. The summed E-state index contributed by atoms with van der Waals surface area (Å²) in [6.07, 6.45) is 0. The quantitative estimate of drug-likeness (QED) is 0.410. The fraction of sp³-hybridized carbons (Fsp3) is 0.130. The molecule has 0 saturated heterocycles. The largest absolute Gasteiger partial charge is 0.350 e. The van der Waals surface area contributed by atoms with Gasteiger partial charge in [0.25, 0.3) is 11.8 Å². The van der Waals surface area contributed by atoms with E-state index in [1.807, 2.05) is 26.8 Å². The smallest absolute Gasteiger partial charge is 0.283 e. The van der Waals surface area contributed by atoms with Gasteiger partial charge in [0, 0.05) is 22.1 Å². The predicted octanol–water partition coefficient (Wildman–Crippen LogP) is 5.18. The van der Waals surface area contributed by atoms with Gasteiger partial charge in [0.05, 0.1) is 5.69 Å². The molecular weight excluding hydrogens is 451 g/mol. The number of hydrogen-bond donors (Lipinski definition) is 1. The molecule has 1 aliphatic heterocycles. The van der Waals surface area contributed by atoms with Crippen molar-refractivity contribution in [3.8, 4) is 0 Å². The van der Waals surface area contributed by atoms with Gasteiger partial charge in [-0.2, -0.15) is 0 Å². The molecule has 6 nitrogen and oxygen atoms in total. The summed E-state index contributed by atoms with van der Waals surface area (Å²) in [6.45, 7) is 5.46. The Kier molecular flexibility index (Phi) is 5.99. The number of hydrogen-bond acceptors (Lipinski definition) is 6. The van der Waals surface area contributed by atoms with Crippen LogP contribution in [0.1, 0.15) is 17.0 Å². The molecule has 2 aromatic carbocycles. The number of para-hydroxylation sites is 1. The minimum Gasteiger partial charge on any atom is -0.350 e. The summed E-state index contributed by atoms with van der Waals surface area (Å²) in [5.41, 5.74) is 2.74. The van der Waals surface area contributed by atoms with Gasteiger partial charge >= 0.3 is 0 Å². The van der Waals surface area contributed by atoms with Crippen LogP contribution in [-0.2, 0) is 9.59 Å². The fourth-order valence-electron chi connectivity index (χ4n) is 3.30. The van der Waals surface area contributed by atoms with Crippen molar-refractivity contribution >= 4 is 46.6 Å². The molecule has 162 valence electrons. The van der Waals surface area contributed by atoms with Crippen molar-refractivity contribution in [2.24, 2.45) is 0 Å². The van der Waals surface area contributed by atoms with Gasteiger partial charge in [-0.05, 0) is 74.5 Å². The van der Waals surface area contributed by atoms with Crippen LogP contribution in [0, 0.1) is 26.6 Å². The van der Waals surface area contributed by atoms with Gasteiger partial charge in [-0.25, -0.2) is 19.3 Å². The zero-order chi connectivity index (χ0) is 23.0. The van der Waals surface area contributed by atoms with Gasteiger partial charge in [-0.15, -0.1) is 0 Å². The number of aryl methyl sites for hydroxylation is 3. The normalized spacial score (nSPS) is 13.8. The standard InChI is InChI=1S/C23H18ClFN4O2S/c1-12-10-15(24)8-9-17(12)28-19-20(32-23-26-13(2)11-14(3)27-23)22(31)29(21(19)30)18-7-5-4-6-16(18)25/h4-11,28H,1-3H3. The van der Waals surface area contributed by atoms with E-state index in [1.165, 1.54) is 18.2 Å². The second-order valence-corrected chi connectivity index (χ2v) is 8.63. The molecule has 4 rings (SSSR count). The van der Waals surface area contributed by atoms with E-state index in [2.05, 4.69) is 15.3 Å². The topological polar surface area (TPSA) is 75.2 Å². The Labute approximate surface area is 193 Å². The molecule has 0 spiro atoms. The Morgan fingerprint density at radius 2 is 1.66 bits per heavy atom. The maximum absolute atomic E-state index is 14.5. The molecule has 1 N–H and O–H groups in total. The second-order valence-electron chi connectivity index (χ2n) is 7.22. The lowest BCUT2D eigenvalue weighted by Crippen LogP contribution is -2.33. The Balaban J connectivity index is 1.80. The van der Waals surface area contributed by atoms with Crippen molar-refractivity contribution in [1.29, 1.82) is 0 Å². The maximum Gasteiger partial charge on any atom is 0.283 e. The average molecular weight is 469 g/mol. The Morgan fingerprint density at radius 3 is 2.31 bits per heavy atom. The van der Waals surface area contributed by atoms with Crippen LogP contribution in [0.15, 0.2) is 64.3 Å². The molecule has 2 amide bonds. The number of rotatable bonds is 5. The van der Waals surface area contributed by atoms with E-state index >= 15 is 0 Å². The highest BCUT2D eigenvalue weighted by molar-refractivity contribution is 8.04. The summed E-state index contributed by atoms with van der Waals surface area (Å²) < 4.78 is 14.5. The van der Waals surface area contributed by atoms with Gasteiger partial charge in [-0.3, -0.25) is 9.59 Å². The summed E-state index contributed by atoms with van der Waals surface area (Å²) in [6, 6.07) is 12.6. The van der Waals surface area contributed by atoms with E-state index < -0.39 is 17.6 Å². The zero-order valence-electron chi connectivity index (χ0n) is 17.4. The van der Waals surface area contributed by atoms with Crippen LogP contribution >= 0.6 is 23.4 Å². The van der Waals surface area contributed by atoms with Crippen molar-refractivity contribution in [3.05, 3.63) is 86.9 Å². The van der Waals surface area contributed by atoms with Gasteiger partial charge in [-0.1, -0.05) is 23.7 Å². The van der Waals surface area contributed by atoms with E-state index in [-0.39, 0.29) is 16.3 Å². The number of thioether (sulfide) groups is 1. The van der Waals surface area contributed by atoms with Gasteiger partial charge in [0.15, 0.2) is 5.16 Å². The first-order chi connectivity index (χ1) is 15.2. The van der Waals surface area contributed by atoms with E-state index in [9.17, 15) is 14.0 Å². The average Bonchev–Trinajstić information content (AvgIpc) is 2.94. The van der Waals surface area contributed by atoms with E-state index in [0.29, 0.717) is 15.9 Å². The van der Waals surface area contributed by atoms with Crippen LogP contribution in [-0.4, -0.2) is 21.8 Å². The van der Waals surface area contributed by atoms with E-state index in [1.54, 1.807) is 24.3 Å². The molecular formula is C23H18ClFN4O2S. The Bertz CT molecular complexity index is 1270. The fourth-order valence-corrected chi connectivity index (χ4v) is 4.51. The number of aromatic nitrogens is 2. The molecule has 2 heterocycles. The lowest BCUT2D eigenvalue weighted by Gasteiger charge is -2.16.